The lowest BCUT2D eigenvalue weighted by molar-refractivity contribution is -0.115. The van der Waals surface area contributed by atoms with Crippen LogP contribution in [0.3, 0.4) is 0 Å². The number of pyridine rings is 1. The molecule has 0 aliphatic carbocycles. The van der Waals surface area contributed by atoms with Crippen molar-refractivity contribution in [1.29, 1.82) is 5.26 Å². The molecule has 0 spiro atoms. The number of benzene rings is 1. The van der Waals surface area contributed by atoms with Crippen LogP contribution in [0.25, 0.3) is 0 Å². The minimum atomic E-state index is -0.429. The van der Waals surface area contributed by atoms with Gasteiger partial charge in [0.1, 0.15) is 16.8 Å². The van der Waals surface area contributed by atoms with Gasteiger partial charge in [-0.25, -0.2) is 4.98 Å². The van der Waals surface area contributed by atoms with Gasteiger partial charge in [-0.05, 0) is 50.6 Å². The fourth-order valence-electron chi connectivity index (χ4n) is 2.23. The molecule has 0 unspecified atom stereocenters. The average molecular weight is 376 g/mol. The molecule has 1 atom stereocenters. The first-order chi connectivity index (χ1) is 11.8. The van der Waals surface area contributed by atoms with Crippen LogP contribution in [0.15, 0.2) is 29.3 Å². The molecule has 0 saturated heterocycles. The summed E-state index contributed by atoms with van der Waals surface area (Å²) in [4.78, 5) is 16.8. The maximum Gasteiger partial charge on any atom is 0.237 e. The number of nitriles is 1. The number of carbonyl (C=O) groups is 1. The van der Waals surface area contributed by atoms with Crippen molar-refractivity contribution in [2.45, 2.75) is 31.0 Å². The van der Waals surface area contributed by atoms with Gasteiger partial charge in [0.2, 0.25) is 5.91 Å². The van der Waals surface area contributed by atoms with E-state index in [2.05, 4.69) is 16.4 Å². The highest BCUT2D eigenvalue weighted by molar-refractivity contribution is 8.00. The lowest BCUT2D eigenvalue weighted by Crippen LogP contribution is -2.22. The summed E-state index contributed by atoms with van der Waals surface area (Å²) < 4.78 is 5.09. The summed E-state index contributed by atoms with van der Waals surface area (Å²) in [5.74, 6) is 0.344. The topological polar surface area (TPSA) is 75.0 Å². The highest BCUT2D eigenvalue weighted by Gasteiger charge is 2.19. The van der Waals surface area contributed by atoms with Crippen molar-refractivity contribution in [3.05, 3.63) is 46.1 Å². The summed E-state index contributed by atoms with van der Waals surface area (Å²) in [7, 11) is 1.53. The Balaban J connectivity index is 2.14. The zero-order chi connectivity index (χ0) is 18.6. The molecular formula is C18H18ClN3O2S. The number of rotatable bonds is 5. The average Bonchev–Trinajstić information content (AvgIpc) is 2.54. The molecule has 25 heavy (non-hydrogen) atoms. The Bertz CT molecular complexity index is 849. The number of halogens is 1. The second kappa shape index (κ2) is 8.24. The summed E-state index contributed by atoms with van der Waals surface area (Å²) in [6.45, 7) is 5.50. The van der Waals surface area contributed by atoms with Gasteiger partial charge in [0.25, 0.3) is 0 Å². The molecule has 1 aromatic carbocycles. The molecule has 0 aliphatic heterocycles. The van der Waals surface area contributed by atoms with Crippen molar-refractivity contribution >= 4 is 35.0 Å². The predicted molar refractivity (Wildman–Crippen MR) is 100 cm³/mol. The third-order valence-electron chi connectivity index (χ3n) is 3.50. The monoisotopic (exact) mass is 375 g/mol. The van der Waals surface area contributed by atoms with Crippen LogP contribution in [0.5, 0.6) is 5.75 Å². The molecular weight excluding hydrogens is 358 g/mol. The summed E-state index contributed by atoms with van der Waals surface area (Å²) in [5.41, 5.74) is 2.75. The number of nitrogens with zero attached hydrogens (tertiary/aromatic N) is 2. The quantitative estimate of drug-likeness (QED) is 0.786. The lowest BCUT2D eigenvalue weighted by Gasteiger charge is -2.14. The van der Waals surface area contributed by atoms with Crippen LogP contribution >= 0.6 is 23.4 Å². The van der Waals surface area contributed by atoms with E-state index < -0.39 is 5.25 Å². The van der Waals surface area contributed by atoms with E-state index >= 15 is 0 Å². The Labute approximate surface area is 156 Å². The normalized spacial score (nSPS) is 11.5. The molecule has 1 aromatic heterocycles. The van der Waals surface area contributed by atoms with Crippen molar-refractivity contribution in [3.8, 4) is 11.8 Å². The SMILES string of the molecule is COc1ccc(NC(=O)[C@@H](C)Sc2nc(C)cc(C)c2C#N)cc1Cl. The summed E-state index contributed by atoms with van der Waals surface area (Å²) in [5, 5.41) is 12.7. The Morgan fingerprint density at radius 1 is 1.40 bits per heavy atom. The second-order valence-corrected chi connectivity index (χ2v) is 7.21. The fourth-order valence-corrected chi connectivity index (χ4v) is 3.51. The van der Waals surface area contributed by atoms with E-state index in [1.807, 2.05) is 19.9 Å². The summed E-state index contributed by atoms with van der Waals surface area (Å²) in [6, 6.07) is 9.05. The van der Waals surface area contributed by atoms with Crippen LogP contribution in [0, 0.1) is 25.2 Å². The van der Waals surface area contributed by atoms with Gasteiger partial charge in [0, 0.05) is 11.4 Å². The first kappa shape index (κ1) is 19.1. The van der Waals surface area contributed by atoms with Gasteiger partial charge >= 0.3 is 0 Å². The van der Waals surface area contributed by atoms with Gasteiger partial charge in [-0.1, -0.05) is 23.4 Å². The van der Waals surface area contributed by atoms with Crippen molar-refractivity contribution < 1.29 is 9.53 Å². The molecule has 0 saturated carbocycles. The molecule has 130 valence electrons. The van der Waals surface area contributed by atoms with E-state index in [-0.39, 0.29) is 5.91 Å². The Hall–Kier alpha value is -2.23. The minimum Gasteiger partial charge on any atom is -0.495 e. The molecule has 0 bridgehead atoms. The van der Waals surface area contributed by atoms with E-state index in [1.54, 1.807) is 25.1 Å². The molecule has 5 nitrogen and oxygen atoms in total. The summed E-state index contributed by atoms with van der Waals surface area (Å²) >= 11 is 7.33. The van der Waals surface area contributed by atoms with E-state index in [0.29, 0.717) is 27.0 Å². The van der Waals surface area contributed by atoms with E-state index in [9.17, 15) is 10.1 Å². The van der Waals surface area contributed by atoms with Crippen LogP contribution in [0.1, 0.15) is 23.7 Å². The maximum absolute atomic E-state index is 12.4. The van der Waals surface area contributed by atoms with Gasteiger partial charge in [-0.15, -0.1) is 0 Å². The summed E-state index contributed by atoms with van der Waals surface area (Å²) in [6.07, 6.45) is 0. The number of amides is 1. The zero-order valence-corrected chi connectivity index (χ0v) is 16.0. The zero-order valence-electron chi connectivity index (χ0n) is 14.4. The molecule has 2 rings (SSSR count). The molecule has 1 N–H and O–H groups in total. The van der Waals surface area contributed by atoms with Crippen molar-refractivity contribution in [2.24, 2.45) is 0 Å². The second-order valence-electron chi connectivity index (χ2n) is 5.47. The Morgan fingerprint density at radius 3 is 2.72 bits per heavy atom. The number of nitrogens with one attached hydrogen (secondary N) is 1. The molecule has 1 amide bonds. The molecule has 0 fully saturated rings. The standard InChI is InChI=1S/C18H18ClN3O2S/c1-10-7-11(2)21-18(14(10)9-20)25-12(3)17(23)22-13-5-6-16(24-4)15(19)8-13/h5-8,12H,1-4H3,(H,22,23)/t12-/m1/s1. The molecule has 0 radical (unpaired) electrons. The van der Waals surface area contributed by atoms with Crippen LogP contribution in [-0.2, 0) is 4.79 Å². The van der Waals surface area contributed by atoms with Crippen LogP contribution in [-0.4, -0.2) is 23.3 Å². The first-order valence-corrected chi connectivity index (χ1v) is 8.81. The van der Waals surface area contributed by atoms with Crippen LogP contribution < -0.4 is 10.1 Å². The van der Waals surface area contributed by atoms with E-state index in [1.165, 1.54) is 18.9 Å². The lowest BCUT2D eigenvalue weighted by atomic mass is 10.1. The van der Waals surface area contributed by atoms with Gasteiger partial charge in [0.15, 0.2) is 0 Å². The number of aromatic nitrogens is 1. The van der Waals surface area contributed by atoms with Gasteiger partial charge in [-0.3, -0.25) is 4.79 Å². The Morgan fingerprint density at radius 2 is 2.12 bits per heavy atom. The highest BCUT2D eigenvalue weighted by Crippen LogP contribution is 2.30. The number of methoxy groups -OCH3 is 1. The smallest absolute Gasteiger partial charge is 0.237 e. The van der Waals surface area contributed by atoms with Gasteiger partial charge in [-0.2, -0.15) is 5.26 Å². The van der Waals surface area contributed by atoms with Crippen LogP contribution in [0.4, 0.5) is 5.69 Å². The number of carbonyl (C=O) groups excluding carboxylic acids is 1. The van der Waals surface area contributed by atoms with E-state index in [0.717, 1.165) is 11.3 Å². The van der Waals surface area contributed by atoms with Crippen LogP contribution in [0.2, 0.25) is 5.02 Å². The minimum absolute atomic E-state index is 0.198. The van der Waals surface area contributed by atoms with E-state index in [4.69, 9.17) is 16.3 Å². The van der Waals surface area contributed by atoms with Crippen molar-refractivity contribution in [1.82, 2.24) is 4.98 Å². The third-order valence-corrected chi connectivity index (χ3v) is 4.88. The van der Waals surface area contributed by atoms with Gasteiger partial charge in [0.05, 0.1) is 22.9 Å². The number of aryl methyl sites for hydroxylation is 2. The Kier molecular flexibility index (Phi) is 6.29. The molecule has 7 heteroatoms. The largest absolute Gasteiger partial charge is 0.495 e. The number of anilines is 1. The molecule has 2 aromatic rings. The van der Waals surface area contributed by atoms with Gasteiger partial charge < -0.3 is 10.1 Å². The predicted octanol–water partition coefficient (Wildman–Crippen LogP) is 4.35. The number of hydrogen-bond donors (Lipinski definition) is 1. The molecule has 0 aliphatic rings. The third kappa shape index (κ3) is 4.65. The first-order valence-electron chi connectivity index (χ1n) is 7.55. The van der Waals surface area contributed by atoms with Crippen molar-refractivity contribution in [3.63, 3.8) is 0 Å². The maximum atomic E-state index is 12.4. The number of ether oxygens (including phenoxy) is 1. The number of hydrogen-bond acceptors (Lipinski definition) is 5. The highest BCUT2D eigenvalue weighted by atomic mass is 35.5. The van der Waals surface area contributed by atoms with Crippen molar-refractivity contribution in [2.75, 3.05) is 12.4 Å². The molecule has 1 heterocycles. The fraction of sp³-hybridized carbons (Fsp3) is 0.278. The number of thioether (sulfide) groups is 1.